The topological polar surface area (TPSA) is 72.6 Å². The van der Waals surface area contributed by atoms with Crippen LogP contribution in [0.25, 0.3) is 10.8 Å². The quantitative estimate of drug-likeness (QED) is 0.771. The summed E-state index contributed by atoms with van der Waals surface area (Å²) in [5.74, 6) is 0.453. The molecule has 0 saturated carbocycles. The van der Waals surface area contributed by atoms with Crippen LogP contribution in [0.4, 0.5) is 0 Å². The molecule has 0 unspecified atom stereocenters. The number of hydrogen-bond donors (Lipinski definition) is 2. The van der Waals surface area contributed by atoms with Crippen molar-refractivity contribution in [3.8, 4) is 17.2 Å². The molecular formula is C17H13NO3. The minimum absolute atomic E-state index is 0.0627. The number of benzene rings is 3. The van der Waals surface area contributed by atoms with Gasteiger partial charge in [-0.3, -0.25) is 4.79 Å². The van der Waals surface area contributed by atoms with Crippen molar-refractivity contribution in [2.75, 3.05) is 0 Å². The number of primary amides is 1. The summed E-state index contributed by atoms with van der Waals surface area (Å²) in [6.07, 6.45) is 0. The second-order valence-corrected chi connectivity index (χ2v) is 4.66. The molecule has 3 rings (SSSR count). The molecular weight excluding hydrogens is 266 g/mol. The van der Waals surface area contributed by atoms with Crippen molar-refractivity contribution in [1.29, 1.82) is 0 Å². The molecule has 0 spiro atoms. The molecule has 104 valence electrons. The summed E-state index contributed by atoms with van der Waals surface area (Å²) in [5, 5.41) is 11.9. The van der Waals surface area contributed by atoms with Gasteiger partial charge in [0.1, 0.15) is 5.75 Å². The highest BCUT2D eigenvalue weighted by molar-refractivity contribution is 5.92. The standard InChI is InChI=1S/C17H13NO3/c18-17(20)11-5-7-14(8-6-11)21-16-10-13-4-2-1-3-12(13)9-15(16)19/h1-10,19H,(H2,18,20). The molecule has 0 atom stereocenters. The van der Waals surface area contributed by atoms with Gasteiger partial charge in [-0.2, -0.15) is 0 Å². The average Bonchev–Trinajstić information content (AvgIpc) is 2.48. The minimum atomic E-state index is -0.491. The lowest BCUT2D eigenvalue weighted by molar-refractivity contribution is 0.100. The van der Waals surface area contributed by atoms with Crippen LogP contribution < -0.4 is 10.5 Å². The predicted molar refractivity (Wildman–Crippen MR) is 80.6 cm³/mol. The maximum Gasteiger partial charge on any atom is 0.248 e. The van der Waals surface area contributed by atoms with Gasteiger partial charge in [0.25, 0.3) is 0 Å². The van der Waals surface area contributed by atoms with E-state index in [4.69, 9.17) is 10.5 Å². The molecule has 21 heavy (non-hydrogen) atoms. The molecule has 3 aromatic carbocycles. The first-order chi connectivity index (χ1) is 10.1. The van der Waals surface area contributed by atoms with Crippen molar-refractivity contribution in [3.05, 3.63) is 66.2 Å². The average molecular weight is 279 g/mol. The van der Waals surface area contributed by atoms with Gasteiger partial charge in [-0.15, -0.1) is 0 Å². The van der Waals surface area contributed by atoms with Gasteiger partial charge in [-0.1, -0.05) is 24.3 Å². The predicted octanol–water partition coefficient (Wildman–Crippen LogP) is 3.44. The number of phenols is 1. The minimum Gasteiger partial charge on any atom is -0.504 e. The third-order valence-corrected chi connectivity index (χ3v) is 3.19. The van der Waals surface area contributed by atoms with Crippen LogP contribution in [0.5, 0.6) is 17.2 Å². The smallest absolute Gasteiger partial charge is 0.248 e. The largest absolute Gasteiger partial charge is 0.504 e. The van der Waals surface area contributed by atoms with E-state index in [1.165, 1.54) is 0 Å². The maximum absolute atomic E-state index is 11.0. The second-order valence-electron chi connectivity index (χ2n) is 4.66. The first-order valence-electron chi connectivity index (χ1n) is 6.43. The van der Waals surface area contributed by atoms with Gasteiger partial charge < -0.3 is 15.6 Å². The van der Waals surface area contributed by atoms with Gasteiger partial charge in [0.15, 0.2) is 11.5 Å². The normalized spacial score (nSPS) is 10.5. The van der Waals surface area contributed by atoms with Crippen molar-refractivity contribution in [3.63, 3.8) is 0 Å². The van der Waals surface area contributed by atoms with Crippen LogP contribution in [0, 0.1) is 0 Å². The number of hydrogen-bond acceptors (Lipinski definition) is 3. The molecule has 3 aromatic rings. The fourth-order valence-electron chi connectivity index (χ4n) is 2.10. The Hall–Kier alpha value is -3.01. The van der Waals surface area contributed by atoms with Crippen LogP contribution in [0.15, 0.2) is 60.7 Å². The van der Waals surface area contributed by atoms with E-state index in [1.54, 1.807) is 36.4 Å². The van der Waals surface area contributed by atoms with Crippen molar-refractivity contribution in [1.82, 2.24) is 0 Å². The van der Waals surface area contributed by atoms with Crippen molar-refractivity contribution in [2.45, 2.75) is 0 Å². The Balaban J connectivity index is 1.93. The highest BCUT2D eigenvalue weighted by Gasteiger charge is 2.07. The van der Waals surface area contributed by atoms with E-state index in [0.717, 1.165) is 10.8 Å². The molecule has 0 aliphatic carbocycles. The monoisotopic (exact) mass is 279 g/mol. The molecule has 0 bridgehead atoms. The molecule has 4 heteroatoms. The van der Waals surface area contributed by atoms with Crippen molar-refractivity contribution < 1.29 is 14.6 Å². The Labute approximate surface area is 121 Å². The first kappa shape index (κ1) is 13.0. The van der Waals surface area contributed by atoms with E-state index in [2.05, 4.69) is 0 Å². The number of ether oxygens (including phenoxy) is 1. The number of carbonyl (C=O) groups excluding carboxylic acids is 1. The van der Waals surface area contributed by atoms with Crippen LogP contribution in [0.3, 0.4) is 0 Å². The van der Waals surface area contributed by atoms with E-state index in [1.807, 2.05) is 24.3 Å². The number of amides is 1. The Morgan fingerprint density at radius 1 is 0.952 bits per heavy atom. The molecule has 1 amide bonds. The van der Waals surface area contributed by atoms with Crippen molar-refractivity contribution >= 4 is 16.7 Å². The zero-order valence-electron chi connectivity index (χ0n) is 11.1. The molecule has 0 heterocycles. The van der Waals surface area contributed by atoms with E-state index in [0.29, 0.717) is 17.1 Å². The van der Waals surface area contributed by atoms with E-state index < -0.39 is 5.91 Å². The number of nitrogens with two attached hydrogens (primary N) is 1. The molecule has 0 saturated heterocycles. The van der Waals surface area contributed by atoms with Gasteiger partial charge in [-0.25, -0.2) is 0 Å². The van der Waals surface area contributed by atoms with Crippen LogP contribution in [0.1, 0.15) is 10.4 Å². The summed E-state index contributed by atoms with van der Waals surface area (Å²) >= 11 is 0. The van der Waals surface area contributed by atoms with Crippen molar-refractivity contribution in [2.24, 2.45) is 5.73 Å². The van der Waals surface area contributed by atoms with Gasteiger partial charge in [0.05, 0.1) is 0 Å². The maximum atomic E-state index is 11.0. The third-order valence-electron chi connectivity index (χ3n) is 3.19. The highest BCUT2D eigenvalue weighted by Crippen LogP contribution is 2.34. The van der Waals surface area contributed by atoms with E-state index >= 15 is 0 Å². The summed E-state index contributed by atoms with van der Waals surface area (Å²) in [5.41, 5.74) is 5.59. The third kappa shape index (κ3) is 2.65. The molecule has 0 aliphatic rings. The van der Waals surface area contributed by atoms with Crippen LogP contribution >= 0.6 is 0 Å². The molecule has 3 N–H and O–H groups in total. The zero-order chi connectivity index (χ0) is 14.8. The number of aromatic hydroxyl groups is 1. The summed E-state index contributed by atoms with van der Waals surface area (Å²) < 4.78 is 5.65. The molecule has 0 radical (unpaired) electrons. The van der Waals surface area contributed by atoms with Gasteiger partial charge in [-0.05, 0) is 47.2 Å². The molecule has 0 aliphatic heterocycles. The second kappa shape index (κ2) is 5.17. The van der Waals surface area contributed by atoms with Crippen LogP contribution in [-0.4, -0.2) is 11.0 Å². The SMILES string of the molecule is NC(=O)c1ccc(Oc2cc3ccccc3cc2O)cc1. The molecule has 0 aromatic heterocycles. The molecule has 0 fully saturated rings. The lowest BCUT2D eigenvalue weighted by Crippen LogP contribution is -2.10. The summed E-state index contributed by atoms with van der Waals surface area (Å²) in [4.78, 5) is 11.0. The Bertz CT molecular complexity index is 810. The number of fused-ring (bicyclic) bond motifs is 1. The first-order valence-corrected chi connectivity index (χ1v) is 6.43. The molecule has 4 nitrogen and oxygen atoms in total. The zero-order valence-corrected chi connectivity index (χ0v) is 11.1. The van der Waals surface area contributed by atoms with Crippen LogP contribution in [-0.2, 0) is 0 Å². The van der Waals surface area contributed by atoms with Gasteiger partial charge in [0, 0.05) is 5.56 Å². The number of rotatable bonds is 3. The summed E-state index contributed by atoms with van der Waals surface area (Å²) in [6, 6.07) is 17.5. The number of carbonyl (C=O) groups is 1. The lowest BCUT2D eigenvalue weighted by Gasteiger charge is -2.09. The highest BCUT2D eigenvalue weighted by atomic mass is 16.5. The fraction of sp³-hybridized carbons (Fsp3) is 0. The lowest BCUT2D eigenvalue weighted by atomic mass is 10.1. The summed E-state index contributed by atoms with van der Waals surface area (Å²) in [6.45, 7) is 0. The van der Waals surface area contributed by atoms with Crippen LogP contribution in [0.2, 0.25) is 0 Å². The van der Waals surface area contributed by atoms with E-state index in [9.17, 15) is 9.90 Å². The Morgan fingerprint density at radius 2 is 1.57 bits per heavy atom. The fourth-order valence-corrected chi connectivity index (χ4v) is 2.10. The Morgan fingerprint density at radius 3 is 2.19 bits per heavy atom. The van der Waals surface area contributed by atoms with Gasteiger partial charge in [0.2, 0.25) is 5.91 Å². The Kier molecular flexibility index (Phi) is 3.20. The number of phenolic OH excluding ortho intramolecular Hbond substituents is 1. The summed E-state index contributed by atoms with van der Waals surface area (Å²) in [7, 11) is 0. The van der Waals surface area contributed by atoms with Gasteiger partial charge >= 0.3 is 0 Å². The van der Waals surface area contributed by atoms with E-state index in [-0.39, 0.29) is 5.75 Å².